The van der Waals surface area contributed by atoms with Gasteiger partial charge in [0, 0.05) is 124 Å². The van der Waals surface area contributed by atoms with E-state index in [1.807, 2.05) is 190 Å². The summed E-state index contributed by atoms with van der Waals surface area (Å²) in [7, 11) is 0. The van der Waals surface area contributed by atoms with Crippen LogP contribution >= 0.6 is 0 Å². The second-order valence-corrected chi connectivity index (χ2v) is 29.0. The molecule has 0 bridgehead atoms. The van der Waals surface area contributed by atoms with Crippen LogP contribution in [0.4, 0.5) is 0 Å². The first-order valence-corrected chi connectivity index (χ1v) is 43.7. The number of pyridine rings is 10. The predicted molar refractivity (Wildman–Crippen MR) is 515 cm³/mol. The molecule has 624 valence electrons. The largest absolute Gasteiger partial charge is 0.265 e. The molecule has 5 aromatic carbocycles. The lowest BCUT2D eigenvalue weighted by molar-refractivity contribution is 0.524. The Morgan fingerprint density at radius 1 is 0.264 bits per heavy atom. The number of benzene rings is 5. The van der Waals surface area contributed by atoms with Crippen LogP contribution in [0.5, 0.6) is 0 Å². The molecule has 10 aromatic heterocycles. The number of hydrogen-bond donors (Lipinski definition) is 0. The topological polar surface area (TPSA) is 129 Å². The van der Waals surface area contributed by atoms with E-state index in [-0.39, 0.29) is 0 Å². The molecule has 0 unspecified atom stereocenters. The van der Waals surface area contributed by atoms with Crippen LogP contribution in [0.15, 0.2) is 385 Å². The molecular formula is C111H130N10. The zero-order valence-electron chi connectivity index (χ0n) is 73.0. The quantitative estimate of drug-likeness (QED) is 0.0437. The van der Waals surface area contributed by atoms with E-state index in [4.69, 9.17) is 0 Å². The van der Waals surface area contributed by atoms with Crippen molar-refractivity contribution in [2.45, 2.75) is 189 Å². The normalized spacial score (nSPS) is 10.1. The summed E-state index contributed by atoms with van der Waals surface area (Å²) in [6.07, 6.45) is 67.7. The molecule has 10 heteroatoms. The van der Waals surface area contributed by atoms with Crippen LogP contribution in [0.1, 0.15) is 217 Å². The number of rotatable bonds is 28. The Bertz CT molecular complexity index is 4760. The summed E-state index contributed by atoms with van der Waals surface area (Å²) in [4.78, 5) is 39.9. The highest BCUT2D eigenvalue weighted by atomic mass is 14.6. The molecule has 10 nitrogen and oxygen atoms in total. The van der Waals surface area contributed by atoms with Crippen LogP contribution in [-0.2, 0) is 38.5 Å². The van der Waals surface area contributed by atoms with Crippen LogP contribution in [0.3, 0.4) is 0 Å². The van der Waals surface area contributed by atoms with Gasteiger partial charge in [-0.05, 0) is 293 Å². The zero-order valence-corrected chi connectivity index (χ0v) is 73.0. The lowest BCUT2D eigenvalue weighted by Gasteiger charge is -2.16. The lowest BCUT2D eigenvalue weighted by Crippen LogP contribution is -1.99. The zero-order chi connectivity index (χ0) is 85.6. The molecule has 0 fully saturated rings. The Morgan fingerprint density at radius 2 is 0.636 bits per heavy atom. The minimum atomic E-state index is 0.720. The van der Waals surface area contributed by atoms with Crippen molar-refractivity contribution in [2.75, 3.05) is 0 Å². The van der Waals surface area contributed by atoms with E-state index in [1.165, 1.54) is 180 Å². The summed E-state index contributed by atoms with van der Waals surface area (Å²) >= 11 is 0. The number of nitrogens with zero attached hydrogens (tertiary/aromatic N) is 10. The van der Waals surface area contributed by atoms with Crippen molar-refractivity contribution >= 4 is 29.0 Å². The third kappa shape index (κ3) is 44.1. The van der Waals surface area contributed by atoms with Crippen molar-refractivity contribution in [3.63, 3.8) is 0 Å². The van der Waals surface area contributed by atoms with Gasteiger partial charge in [0.15, 0.2) is 0 Å². The van der Waals surface area contributed by atoms with Gasteiger partial charge in [-0.15, -0.1) is 0 Å². The summed E-state index contributed by atoms with van der Waals surface area (Å²) in [5.74, 6) is 1.48. The first-order valence-electron chi connectivity index (χ1n) is 43.7. The minimum Gasteiger partial charge on any atom is -0.265 e. The average Bonchev–Trinajstić information content (AvgIpc) is 0.826. The molecule has 0 aliphatic heterocycles. The highest BCUT2D eigenvalue weighted by Gasteiger charge is 2.10. The molecule has 121 heavy (non-hydrogen) atoms. The van der Waals surface area contributed by atoms with E-state index < -0.39 is 0 Å². The molecule has 0 aliphatic carbocycles. The van der Waals surface area contributed by atoms with Gasteiger partial charge in [0.2, 0.25) is 0 Å². The summed E-state index contributed by atoms with van der Waals surface area (Å²) in [6.45, 7) is 19.2. The third-order valence-corrected chi connectivity index (χ3v) is 19.9. The van der Waals surface area contributed by atoms with Gasteiger partial charge in [0.1, 0.15) is 0 Å². The molecule has 0 radical (unpaired) electrons. The van der Waals surface area contributed by atoms with Crippen LogP contribution < -0.4 is 0 Å². The first kappa shape index (κ1) is 97.2. The maximum atomic E-state index is 4.09. The summed E-state index contributed by atoms with van der Waals surface area (Å²) < 4.78 is 0. The van der Waals surface area contributed by atoms with E-state index in [0.29, 0.717) is 0 Å². The predicted octanol–water partition coefficient (Wildman–Crippen LogP) is 29.2. The van der Waals surface area contributed by atoms with Gasteiger partial charge in [-0.25, -0.2) is 0 Å². The Hall–Kier alpha value is -12.7. The SMILES string of the molecule is C(=C\c1cccc2ccccc12)/c1ccncc1.C=Cc1ccncc1.CCC(CC)c1ccncc1.CCCCC(CCCC)c1ccncc1.CCCCCc1ccncc1.CCCCc1cccnc1.CCc1cccnc1.c1ccc(-c2ccncc2)cc1.c1ccc(CCCc2ccncc2)cc1.c1ccc(Cc2ccncc2)cc1. The molecule has 0 aliphatic rings. The van der Waals surface area contributed by atoms with Gasteiger partial charge in [-0.1, -0.05) is 264 Å². The molecular weight excluding hydrogens is 1470 g/mol. The highest BCUT2D eigenvalue weighted by molar-refractivity contribution is 5.92. The summed E-state index contributed by atoms with van der Waals surface area (Å²) in [5, 5.41) is 2.56. The number of hydrogen-bond acceptors (Lipinski definition) is 10. The highest BCUT2D eigenvalue weighted by Crippen LogP contribution is 2.28. The molecule has 0 atom stereocenters. The van der Waals surface area contributed by atoms with Crippen molar-refractivity contribution in [3.05, 3.63) is 452 Å². The van der Waals surface area contributed by atoms with Gasteiger partial charge in [0.25, 0.3) is 0 Å². The maximum absolute atomic E-state index is 4.09. The average molecular weight is 1600 g/mol. The Labute approximate surface area is 726 Å². The second-order valence-electron chi connectivity index (χ2n) is 29.0. The Balaban J connectivity index is 0.000000210. The minimum absolute atomic E-state index is 0.720. The smallest absolute Gasteiger partial charge is 0.0299 e. The van der Waals surface area contributed by atoms with Gasteiger partial charge >= 0.3 is 0 Å². The standard InChI is InChI=1S/C17H13N.C14H15N.C14H23N.C12H11N.C11H9N.2C10H15N.C9H13N.C7H7N.C7H9N/c1-2-7-17-15(4-1)5-3-6-16(17)9-8-14-10-12-18-13-11-14;1-2-5-13(6-3-1)7-4-8-14-9-11-15-12-10-14;1-3-5-7-13(8-6-4-2)14-9-11-15-12-10-14;1-2-4-11(5-3-1)10-12-6-8-13-9-7-12;1-2-4-10(5-3-1)11-6-8-12-9-7-11;1-3-9(4-2)10-5-7-11-8-6-10;1-2-3-4-5-10-6-8-11-9-7-10;1-2-3-5-9-6-4-7-10-8-9;1-2-7-3-5-8-6-4-7;1-2-7-4-3-5-8-6-7/h1-13H;1-3,5-6,9-12H,4,7-8H2;9-13H,3-8H2,1-2H3;1-9H,10H2;1-9H;5-9H,3-4H2,1-2H3;6-9H,2-5H2,1H3;4,6-8H,2-3,5H2,1H3;2-6H,1H2;3-6H,2H2,1H3/b9-8+;;;;;;;;;. The lowest BCUT2D eigenvalue weighted by atomic mass is 9.90. The fourth-order valence-electron chi connectivity index (χ4n) is 12.8. The van der Waals surface area contributed by atoms with Crippen LogP contribution in [0.2, 0.25) is 0 Å². The summed E-state index contributed by atoms with van der Waals surface area (Å²) in [6, 6.07) is 87.2. The van der Waals surface area contributed by atoms with Crippen molar-refractivity contribution < 1.29 is 0 Å². The Morgan fingerprint density at radius 3 is 1.09 bits per heavy atom. The summed E-state index contributed by atoms with van der Waals surface area (Å²) in [5.41, 5.74) is 18.4. The molecule has 15 aromatic rings. The van der Waals surface area contributed by atoms with Gasteiger partial charge in [-0.2, -0.15) is 0 Å². The molecule has 0 saturated carbocycles. The fraction of sp³-hybridized carbons (Fsp3) is 0.261. The van der Waals surface area contributed by atoms with Crippen LogP contribution in [0.25, 0.3) is 40.1 Å². The molecule has 0 spiro atoms. The number of unbranched alkanes of at least 4 members (excludes halogenated alkanes) is 5. The first-order chi connectivity index (χ1) is 59.8. The van der Waals surface area contributed by atoms with Gasteiger partial charge in [0.05, 0.1) is 0 Å². The third-order valence-electron chi connectivity index (χ3n) is 19.9. The Kier molecular flexibility index (Phi) is 52.4. The van der Waals surface area contributed by atoms with Crippen molar-refractivity contribution in [1.29, 1.82) is 0 Å². The molecule has 0 N–H and O–H groups in total. The van der Waals surface area contributed by atoms with E-state index in [1.54, 1.807) is 24.7 Å². The van der Waals surface area contributed by atoms with Crippen molar-refractivity contribution in [3.8, 4) is 11.1 Å². The number of aromatic nitrogens is 10. The molecule has 0 amide bonds. The van der Waals surface area contributed by atoms with E-state index in [9.17, 15) is 0 Å². The van der Waals surface area contributed by atoms with Gasteiger partial charge in [-0.3, -0.25) is 49.8 Å². The van der Waals surface area contributed by atoms with E-state index >= 15 is 0 Å². The monoisotopic (exact) mass is 1600 g/mol. The van der Waals surface area contributed by atoms with Crippen LogP contribution in [-0.4, -0.2) is 49.8 Å². The number of fused-ring (bicyclic) bond motifs is 1. The number of aryl methyl sites for hydroxylation is 5. The van der Waals surface area contributed by atoms with Gasteiger partial charge < -0.3 is 0 Å². The molecule has 10 heterocycles. The molecule has 15 rings (SSSR count). The van der Waals surface area contributed by atoms with Crippen molar-refractivity contribution in [2.24, 2.45) is 0 Å². The second kappa shape index (κ2) is 65.3. The van der Waals surface area contributed by atoms with E-state index in [2.05, 4.69) is 287 Å². The maximum Gasteiger partial charge on any atom is 0.0299 e. The molecule has 0 saturated heterocycles. The van der Waals surface area contributed by atoms with E-state index in [0.717, 1.165) is 48.6 Å². The van der Waals surface area contributed by atoms with Crippen molar-refractivity contribution in [1.82, 2.24) is 49.8 Å². The fourth-order valence-corrected chi connectivity index (χ4v) is 12.8. The van der Waals surface area contributed by atoms with Crippen LogP contribution in [0, 0.1) is 0 Å².